The number of carboxylic acid groups (broad SMARTS) is 1. The molecule has 0 heterocycles. The van der Waals surface area contributed by atoms with Crippen LogP contribution in [0.5, 0.6) is 0 Å². The summed E-state index contributed by atoms with van der Waals surface area (Å²) in [5.41, 5.74) is 1.15. The second-order valence-corrected chi connectivity index (χ2v) is 5.21. The maximum Gasteiger partial charge on any atom is 0.307 e. The van der Waals surface area contributed by atoms with Gasteiger partial charge in [-0.1, -0.05) is 29.3 Å². The van der Waals surface area contributed by atoms with Crippen molar-refractivity contribution in [1.82, 2.24) is 0 Å². The quantitative estimate of drug-likeness (QED) is 0.897. The van der Waals surface area contributed by atoms with Gasteiger partial charge in [-0.05, 0) is 42.0 Å². The highest BCUT2D eigenvalue weighted by atomic mass is 35.5. The molecular weight excluding hydrogens is 313 g/mol. The van der Waals surface area contributed by atoms with E-state index in [2.05, 4.69) is 5.32 Å². The Hall–Kier alpha value is -2.04. The minimum atomic E-state index is -1.03. The van der Waals surface area contributed by atoms with E-state index in [4.69, 9.17) is 28.3 Å². The van der Waals surface area contributed by atoms with Gasteiger partial charge in [0.15, 0.2) is 0 Å². The summed E-state index contributed by atoms with van der Waals surface area (Å²) in [5.74, 6) is -1.45. The summed E-state index contributed by atoms with van der Waals surface area (Å²) in [6.45, 7) is 0. The number of carbonyl (C=O) groups excluding carboxylic acids is 1. The molecule has 0 saturated carbocycles. The van der Waals surface area contributed by atoms with Gasteiger partial charge in [0.1, 0.15) is 0 Å². The number of halogens is 2. The van der Waals surface area contributed by atoms with Gasteiger partial charge in [0.25, 0.3) is 5.91 Å². The molecule has 0 saturated heterocycles. The van der Waals surface area contributed by atoms with E-state index >= 15 is 0 Å². The molecule has 0 aliphatic carbocycles. The highest BCUT2D eigenvalue weighted by molar-refractivity contribution is 6.31. The van der Waals surface area contributed by atoms with Gasteiger partial charge in [0.05, 0.1) is 6.42 Å². The Bertz CT molecular complexity index is 701. The molecule has 4 nitrogen and oxygen atoms in total. The van der Waals surface area contributed by atoms with Gasteiger partial charge >= 0.3 is 5.97 Å². The fourth-order valence-corrected chi connectivity index (χ4v) is 2.24. The van der Waals surface area contributed by atoms with E-state index in [0.29, 0.717) is 21.3 Å². The number of benzene rings is 2. The van der Waals surface area contributed by atoms with E-state index in [1.807, 2.05) is 0 Å². The van der Waals surface area contributed by atoms with Crippen molar-refractivity contribution >= 4 is 40.8 Å². The lowest BCUT2D eigenvalue weighted by atomic mass is 10.0. The highest BCUT2D eigenvalue weighted by Gasteiger charge is 2.14. The molecule has 2 N–H and O–H groups in total. The van der Waals surface area contributed by atoms with E-state index < -0.39 is 11.9 Å². The first-order valence-electron chi connectivity index (χ1n) is 6.03. The number of hydrogen-bond acceptors (Lipinski definition) is 2. The zero-order valence-corrected chi connectivity index (χ0v) is 12.3. The minimum Gasteiger partial charge on any atom is -0.481 e. The highest BCUT2D eigenvalue weighted by Crippen LogP contribution is 2.20. The Morgan fingerprint density at radius 1 is 1.05 bits per heavy atom. The first kappa shape index (κ1) is 15.4. The Kier molecular flexibility index (Phi) is 4.83. The van der Waals surface area contributed by atoms with E-state index in [0.717, 1.165) is 0 Å². The number of amides is 1. The lowest BCUT2D eigenvalue weighted by molar-refractivity contribution is -0.136. The van der Waals surface area contributed by atoms with Crippen molar-refractivity contribution in [2.75, 3.05) is 5.32 Å². The first-order valence-corrected chi connectivity index (χ1v) is 6.78. The summed E-state index contributed by atoms with van der Waals surface area (Å²) in [5, 5.41) is 12.4. The maximum atomic E-state index is 12.2. The van der Waals surface area contributed by atoms with E-state index in [9.17, 15) is 9.59 Å². The monoisotopic (exact) mass is 323 g/mol. The molecule has 2 rings (SSSR count). The number of anilines is 1. The predicted molar refractivity (Wildman–Crippen MR) is 82.2 cm³/mol. The van der Waals surface area contributed by atoms with Crippen molar-refractivity contribution < 1.29 is 14.7 Å². The maximum absolute atomic E-state index is 12.2. The van der Waals surface area contributed by atoms with E-state index in [-0.39, 0.29) is 12.0 Å². The molecule has 0 unspecified atom stereocenters. The fraction of sp³-hybridized carbons (Fsp3) is 0.0667. The summed E-state index contributed by atoms with van der Waals surface area (Å²) in [7, 11) is 0. The fourth-order valence-electron chi connectivity index (χ4n) is 1.86. The van der Waals surface area contributed by atoms with Gasteiger partial charge in [0.2, 0.25) is 0 Å². The Labute approximate surface area is 131 Å². The topological polar surface area (TPSA) is 66.4 Å². The molecule has 2 aromatic carbocycles. The third-order valence-corrected chi connectivity index (χ3v) is 3.21. The van der Waals surface area contributed by atoms with Crippen LogP contribution in [0.15, 0.2) is 42.5 Å². The average molecular weight is 324 g/mol. The summed E-state index contributed by atoms with van der Waals surface area (Å²) < 4.78 is 0. The molecule has 0 aliphatic rings. The number of carboxylic acids is 1. The normalized spacial score (nSPS) is 10.2. The molecule has 0 aliphatic heterocycles. The smallest absolute Gasteiger partial charge is 0.307 e. The van der Waals surface area contributed by atoms with Crippen LogP contribution in [0.2, 0.25) is 10.0 Å². The van der Waals surface area contributed by atoms with Crippen LogP contribution in [0.25, 0.3) is 0 Å². The third kappa shape index (κ3) is 4.21. The molecule has 21 heavy (non-hydrogen) atoms. The van der Waals surface area contributed by atoms with Crippen molar-refractivity contribution in [2.24, 2.45) is 0 Å². The van der Waals surface area contributed by atoms with Gasteiger partial charge in [0, 0.05) is 21.3 Å². The summed E-state index contributed by atoms with van der Waals surface area (Å²) in [6.07, 6.45) is -0.279. The van der Waals surface area contributed by atoms with Crippen LogP contribution in [0, 0.1) is 0 Å². The lowest BCUT2D eigenvalue weighted by Gasteiger charge is -2.10. The zero-order valence-electron chi connectivity index (χ0n) is 10.8. The average Bonchev–Trinajstić information content (AvgIpc) is 2.37. The standard InChI is InChI=1S/C15H11Cl2NO3/c16-10-2-1-3-12(8-10)18-15(21)13-5-4-11(17)6-9(13)7-14(19)20/h1-6,8H,7H2,(H,18,21)(H,19,20). The summed E-state index contributed by atoms with van der Waals surface area (Å²) in [6, 6.07) is 11.2. The summed E-state index contributed by atoms with van der Waals surface area (Å²) >= 11 is 11.7. The number of hydrogen-bond donors (Lipinski definition) is 2. The van der Waals surface area contributed by atoms with Crippen LogP contribution in [0.4, 0.5) is 5.69 Å². The number of carbonyl (C=O) groups is 2. The van der Waals surface area contributed by atoms with Crippen LogP contribution in [0.3, 0.4) is 0 Å². The van der Waals surface area contributed by atoms with Crippen LogP contribution in [-0.4, -0.2) is 17.0 Å². The van der Waals surface area contributed by atoms with Crippen molar-refractivity contribution in [2.45, 2.75) is 6.42 Å². The molecule has 0 spiro atoms. The van der Waals surface area contributed by atoms with Gasteiger partial charge in [-0.3, -0.25) is 9.59 Å². The number of rotatable bonds is 4. The Morgan fingerprint density at radius 2 is 1.76 bits per heavy atom. The molecule has 0 atom stereocenters. The molecule has 108 valence electrons. The van der Waals surface area contributed by atoms with Crippen LogP contribution >= 0.6 is 23.2 Å². The molecule has 6 heteroatoms. The first-order chi connectivity index (χ1) is 9.95. The van der Waals surface area contributed by atoms with Gasteiger partial charge in [-0.15, -0.1) is 0 Å². The van der Waals surface area contributed by atoms with Crippen LogP contribution < -0.4 is 5.32 Å². The van der Waals surface area contributed by atoms with Gasteiger partial charge in [-0.2, -0.15) is 0 Å². The second-order valence-electron chi connectivity index (χ2n) is 4.34. The van der Waals surface area contributed by atoms with Crippen molar-refractivity contribution in [3.8, 4) is 0 Å². The second kappa shape index (κ2) is 6.61. The van der Waals surface area contributed by atoms with E-state index in [1.54, 1.807) is 30.3 Å². The molecule has 0 fully saturated rings. The molecule has 0 bridgehead atoms. The minimum absolute atomic E-state index is 0.266. The molecule has 0 radical (unpaired) electrons. The van der Waals surface area contributed by atoms with Crippen LogP contribution in [0.1, 0.15) is 15.9 Å². The molecule has 0 aromatic heterocycles. The Morgan fingerprint density at radius 3 is 2.43 bits per heavy atom. The number of nitrogens with one attached hydrogen (secondary N) is 1. The number of aliphatic carboxylic acids is 1. The largest absolute Gasteiger partial charge is 0.481 e. The third-order valence-electron chi connectivity index (χ3n) is 2.74. The van der Waals surface area contributed by atoms with E-state index in [1.165, 1.54) is 12.1 Å². The van der Waals surface area contributed by atoms with Crippen molar-refractivity contribution in [3.05, 3.63) is 63.6 Å². The Balaban J connectivity index is 2.28. The van der Waals surface area contributed by atoms with Gasteiger partial charge in [-0.25, -0.2) is 0 Å². The molecule has 2 aromatic rings. The predicted octanol–water partition coefficient (Wildman–Crippen LogP) is 3.87. The summed E-state index contributed by atoms with van der Waals surface area (Å²) in [4.78, 5) is 23.1. The van der Waals surface area contributed by atoms with Crippen molar-refractivity contribution in [3.63, 3.8) is 0 Å². The lowest BCUT2D eigenvalue weighted by Crippen LogP contribution is -2.15. The van der Waals surface area contributed by atoms with Gasteiger partial charge < -0.3 is 10.4 Å². The molecular formula is C15H11Cl2NO3. The molecule has 1 amide bonds. The SMILES string of the molecule is O=C(O)Cc1cc(Cl)ccc1C(=O)Nc1cccc(Cl)c1. The van der Waals surface area contributed by atoms with Crippen LogP contribution in [-0.2, 0) is 11.2 Å². The zero-order chi connectivity index (χ0) is 15.4. The van der Waals surface area contributed by atoms with Crippen molar-refractivity contribution in [1.29, 1.82) is 0 Å².